The van der Waals surface area contributed by atoms with E-state index in [2.05, 4.69) is 9.97 Å². The minimum absolute atomic E-state index is 0.0507. The van der Waals surface area contributed by atoms with Gasteiger partial charge in [-0.25, -0.2) is 4.98 Å². The highest BCUT2D eigenvalue weighted by molar-refractivity contribution is 5.91. The van der Waals surface area contributed by atoms with Crippen molar-refractivity contribution < 1.29 is 9.21 Å². The van der Waals surface area contributed by atoms with Gasteiger partial charge in [0.25, 0.3) is 0 Å². The van der Waals surface area contributed by atoms with Crippen LogP contribution in [0, 0.1) is 0 Å². The van der Waals surface area contributed by atoms with Gasteiger partial charge in [0.2, 0.25) is 0 Å². The number of aromatic amines is 1. The zero-order valence-corrected chi connectivity index (χ0v) is 9.93. The highest BCUT2D eigenvalue weighted by atomic mass is 16.3. The van der Waals surface area contributed by atoms with Crippen molar-refractivity contribution in [2.75, 3.05) is 0 Å². The molecule has 0 bridgehead atoms. The first kappa shape index (κ1) is 10.8. The molecule has 1 aromatic carbocycles. The summed E-state index contributed by atoms with van der Waals surface area (Å²) < 4.78 is 5.47. The van der Waals surface area contributed by atoms with Gasteiger partial charge in [-0.15, -0.1) is 0 Å². The van der Waals surface area contributed by atoms with E-state index in [9.17, 15) is 4.79 Å². The largest absolute Gasteiger partial charge is 0.458 e. The van der Waals surface area contributed by atoms with E-state index in [1.807, 2.05) is 24.3 Å². The predicted octanol–water partition coefficient (Wildman–Crippen LogP) is 2.95. The molecule has 0 fully saturated rings. The minimum atomic E-state index is -0.0507. The van der Waals surface area contributed by atoms with Crippen LogP contribution in [0.2, 0.25) is 0 Å². The Kier molecular flexibility index (Phi) is 2.48. The second-order valence-corrected chi connectivity index (χ2v) is 4.25. The summed E-state index contributed by atoms with van der Waals surface area (Å²) in [5, 5.41) is 0. The maximum Gasteiger partial charge on any atom is 0.194 e. The lowest BCUT2D eigenvalue weighted by Gasteiger charge is -1.98. The van der Waals surface area contributed by atoms with Crippen molar-refractivity contribution in [1.82, 2.24) is 9.97 Å². The van der Waals surface area contributed by atoms with Gasteiger partial charge in [-0.1, -0.05) is 6.07 Å². The molecule has 18 heavy (non-hydrogen) atoms. The molecule has 0 spiro atoms. The van der Waals surface area contributed by atoms with Crippen LogP contribution in [0.5, 0.6) is 0 Å². The second kappa shape index (κ2) is 4.14. The Morgan fingerprint density at radius 2 is 2.22 bits per heavy atom. The van der Waals surface area contributed by atoms with Crippen LogP contribution in [-0.2, 0) is 6.42 Å². The maximum absolute atomic E-state index is 11.1. The quantitative estimate of drug-likeness (QED) is 0.716. The molecule has 2 heterocycles. The number of furan rings is 1. The number of hydrogen-bond acceptors (Lipinski definition) is 3. The lowest BCUT2D eigenvalue weighted by atomic mass is 10.1. The predicted molar refractivity (Wildman–Crippen MR) is 67.6 cm³/mol. The first-order valence-electron chi connectivity index (χ1n) is 5.74. The summed E-state index contributed by atoms with van der Waals surface area (Å²) in [6.45, 7) is 1.50. The number of imidazole rings is 1. The zero-order valence-electron chi connectivity index (χ0n) is 9.93. The van der Waals surface area contributed by atoms with Crippen molar-refractivity contribution in [3.05, 3.63) is 53.7 Å². The Hall–Kier alpha value is -2.36. The first-order chi connectivity index (χ1) is 8.72. The third-order valence-corrected chi connectivity index (χ3v) is 2.87. The van der Waals surface area contributed by atoms with Crippen LogP contribution in [0.25, 0.3) is 11.0 Å². The van der Waals surface area contributed by atoms with Crippen LogP contribution in [0.15, 0.2) is 41.1 Å². The second-order valence-electron chi connectivity index (χ2n) is 4.25. The van der Waals surface area contributed by atoms with Gasteiger partial charge in [-0.05, 0) is 29.8 Å². The number of Topliss-reactive ketones (excluding diaryl/α,β-unsaturated/α-hetero) is 1. The van der Waals surface area contributed by atoms with Gasteiger partial charge in [0, 0.05) is 13.3 Å². The number of carbonyl (C=O) groups excluding carboxylic acids is 1. The van der Waals surface area contributed by atoms with Gasteiger partial charge >= 0.3 is 0 Å². The van der Waals surface area contributed by atoms with E-state index in [1.165, 1.54) is 6.92 Å². The smallest absolute Gasteiger partial charge is 0.194 e. The van der Waals surface area contributed by atoms with Crippen molar-refractivity contribution >= 4 is 16.8 Å². The molecule has 0 amide bonds. The molecule has 4 nitrogen and oxygen atoms in total. The normalized spacial score (nSPS) is 10.9. The molecule has 0 aliphatic heterocycles. The molecule has 2 aromatic heterocycles. The Morgan fingerprint density at radius 1 is 1.33 bits per heavy atom. The van der Waals surface area contributed by atoms with Gasteiger partial charge in [0.15, 0.2) is 11.5 Å². The van der Waals surface area contributed by atoms with E-state index in [1.54, 1.807) is 12.4 Å². The van der Waals surface area contributed by atoms with E-state index in [-0.39, 0.29) is 5.78 Å². The molecule has 3 aromatic rings. The van der Waals surface area contributed by atoms with Crippen LogP contribution in [0.3, 0.4) is 0 Å². The van der Waals surface area contributed by atoms with E-state index in [0.717, 1.165) is 22.4 Å². The number of carbonyl (C=O) groups is 1. The van der Waals surface area contributed by atoms with E-state index in [4.69, 9.17) is 4.42 Å². The number of rotatable bonds is 3. The third-order valence-electron chi connectivity index (χ3n) is 2.87. The molecule has 0 aliphatic rings. The number of ketones is 1. The molecule has 0 unspecified atom stereocenters. The number of nitrogens with zero attached hydrogens (tertiary/aromatic N) is 1. The van der Waals surface area contributed by atoms with Crippen molar-refractivity contribution in [2.24, 2.45) is 0 Å². The fraction of sp³-hybridized carbons (Fsp3) is 0.143. The van der Waals surface area contributed by atoms with Crippen LogP contribution < -0.4 is 0 Å². The van der Waals surface area contributed by atoms with E-state index in [0.29, 0.717) is 12.2 Å². The molecule has 0 aliphatic carbocycles. The highest BCUT2D eigenvalue weighted by Crippen LogP contribution is 2.17. The average molecular weight is 240 g/mol. The summed E-state index contributed by atoms with van der Waals surface area (Å²) >= 11 is 0. The van der Waals surface area contributed by atoms with Crippen LogP contribution >= 0.6 is 0 Å². The molecular weight excluding hydrogens is 228 g/mol. The number of H-pyrrole nitrogens is 1. The van der Waals surface area contributed by atoms with Gasteiger partial charge < -0.3 is 9.40 Å². The Morgan fingerprint density at radius 3 is 3.00 bits per heavy atom. The summed E-state index contributed by atoms with van der Waals surface area (Å²) in [5.74, 6) is 1.15. The molecular formula is C14H12N2O2. The summed E-state index contributed by atoms with van der Waals surface area (Å²) in [6.07, 6.45) is 2.34. The molecule has 0 saturated carbocycles. The van der Waals surface area contributed by atoms with Gasteiger partial charge in [0.05, 0.1) is 17.4 Å². The fourth-order valence-electron chi connectivity index (χ4n) is 1.96. The van der Waals surface area contributed by atoms with Crippen molar-refractivity contribution in [3.8, 4) is 0 Å². The lowest BCUT2D eigenvalue weighted by molar-refractivity contribution is 0.0985. The molecule has 4 heteroatoms. The summed E-state index contributed by atoms with van der Waals surface area (Å²) in [4.78, 5) is 18.4. The maximum atomic E-state index is 11.1. The Labute approximate surface area is 104 Å². The third kappa shape index (κ3) is 1.93. The average Bonchev–Trinajstić information content (AvgIpc) is 2.96. The molecule has 0 radical (unpaired) electrons. The SMILES string of the molecule is CC(=O)c1ccc(Cc2ccc3nc[nH]c3c2)o1. The fourth-order valence-corrected chi connectivity index (χ4v) is 1.96. The van der Waals surface area contributed by atoms with Gasteiger partial charge in [-0.2, -0.15) is 0 Å². The summed E-state index contributed by atoms with van der Waals surface area (Å²) in [6, 6.07) is 9.58. The Bertz CT molecular complexity index is 709. The molecule has 0 atom stereocenters. The molecule has 90 valence electrons. The lowest BCUT2D eigenvalue weighted by Crippen LogP contribution is -1.88. The van der Waals surface area contributed by atoms with Crippen LogP contribution in [-0.4, -0.2) is 15.8 Å². The monoisotopic (exact) mass is 240 g/mol. The van der Waals surface area contributed by atoms with Gasteiger partial charge in [-0.3, -0.25) is 4.79 Å². The summed E-state index contributed by atoms with van der Waals surface area (Å²) in [5.41, 5.74) is 3.07. The Balaban J connectivity index is 1.88. The molecule has 1 N–H and O–H groups in total. The first-order valence-corrected chi connectivity index (χ1v) is 5.74. The van der Waals surface area contributed by atoms with Crippen LogP contribution in [0.4, 0.5) is 0 Å². The topological polar surface area (TPSA) is 58.9 Å². The zero-order chi connectivity index (χ0) is 12.5. The number of aromatic nitrogens is 2. The number of fused-ring (bicyclic) bond motifs is 1. The van der Waals surface area contributed by atoms with Crippen LogP contribution in [0.1, 0.15) is 28.8 Å². The number of nitrogens with one attached hydrogen (secondary N) is 1. The minimum Gasteiger partial charge on any atom is -0.458 e. The number of hydrogen-bond donors (Lipinski definition) is 1. The van der Waals surface area contributed by atoms with E-state index >= 15 is 0 Å². The van der Waals surface area contributed by atoms with Crippen molar-refractivity contribution in [3.63, 3.8) is 0 Å². The highest BCUT2D eigenvalue weighted by Gasteiger charge is 2.07. The molecule has 3 rings (SSSR count). The number of benzene rings is 1. The summed E-state index contributed by atoms with van der Waals surface area (Å²) in [7, 11) is 0. The molecule has 0 saturated heterocycles. The van der Waals surface area contributed by atoms with Gasteiger partial charge in [0.1, 0.15) is 5.76 Å². The standard InChI is InChI=1S/C14H12N2O2/c1-9(17)14-5-3-11(18-14)6-10-2-4-12-13(7-10)16-8-15-12/h2-5,7-8H,6H2,1H3,(H,15,16). The van der Waals surface area contributed by atoms with E-state index < -0.39 is 0 Å². The van der Waals surface area contributed by atoms with Crippen molar-refractivity contribution in [1.29, 1.82) is 0 Å². The van der Waals surface area contributed by atoms with Crippen molar-refractivity contribution in [2.45, 2.75) is 13.3 Å².